The molecule has 0 saturated carbocycles. The standard InChI is InChI=1S/C12H17N3O/c1-3-12(13,4-2)11-14-9-6-5-8(16)7-10(9)15-11/h5-7,16H,3-4,13H2,1-2H3,(H,14,15). The maximum Gasteiger partial charge on any atom is 0.127 e. The zero-order chi connectivity index (χ0) is 11.8. The molecule has 0 bridgehead atoms. The van der Waals surface area contributed by atoms with Crippen LogP contribution in [0.2, 0.25) is 0 Å². The van der Waals surface area contributed by atoms with Crippen LogP contribution in [0.3, 0.4) is 0 Å². The van der Waals surface area contributed by atoms with Crippen molar-refractivity contribution in [3.05, 3.63) is 24.0 Å². The highest BCUT2D eigenvalue weighted by Crippen LogP contribution is 2.26. The van der Waals surface area contributed by atoms with E-state index in [-0.39, 0.29) is 5.75 Å². The molecule has 4 nitrogen and oxygen atoms in total. The van der Waals surface area contributed by atoms with E-state index in [0.29, 0.717) is 0 Å². The molecule has 2 aromatic rings. The van der Waals surface area contributed by atoms with Gasteiger partial charge in [-0.25, -0.2) is 4.98 Å². The van der Waals surface area contributed by atoms with E-state index >= 15 is 0 Å². The number of phenols is 1. The van der Waals surface area contributed by atoms with Crippen molar-refractivity contribution in [3.63, 3.8) is 0 Å². The van der Waals surface area contributed by atoms with Crippen LogP contribution in [0.25, 0.3) is 11.0 Å². The second kappa shape index (κ2) is 3.79. The van der Waals surface area contributed by atoms with E-state index in [0.717, 1.165) is 29.7 Å². The van der Waals surface area contributed by atoms with Crippen LogP contribution in [0.4, 0.5) is 0 Å². The monoisotopic (exact) mass is 219 g/mol. The van der Waals surface area contributed by atoms with Gasteiger partial charge in [-0.1, -0.05) is 13.8 Å². The molecule has 1 aromatic carbocycles. The first-order chi connectivity index (χ1) is 7.59. The summed E-state index contributed by atoms with van der Waals surface area (Å²) in [6.07, 6.45) is 1.66. The summed E-state index contributed by atoms with van der Waals surface area (Å²) >= 11 is 0. The van der Waals surface area contributed by atoms with E-state index in [1.54, 1.807) is 18.2 Å². The number of hydrogen-bond donors (Lipinski definition) is 3. The van der Waals surface area contributed by atoms with Gasteiger partial charge in [0, 0.05) is 6.07 Å². The molecule has 0 unspecified atom stereocenters. The van der Waals surface area contributed by atoms with Gasteiger partial charge in [0.05, 0.1) is 16.6 Å². The number of nitrogens with zero attached hydrogens (tertiary/aromatic N) is 1. The van der Waals surface area contributed by atoms with Gasteiger partial charge in [-0.3, -0.25) is 0 Å². The second-order valence-electron chi connectivity index (χ2n) is 4.15. The first-order valence-electron chi connectivity index (χ1n) is 5.57. The molecule has 1 aromatic heterocycles. The average molecular weight is 219 g/mol. The molecule has 0 radical (unpaired) electrons. The molecule has 0 amide bonds. The molecule has 0 fully saturated rings. The van der Waals surface area contributed by atoms with Gasteiger partial charge in [-0.2, -0.15) is 0 Å². The largest absolute Gasteiger partial charge is 0.508 e. The number of imidazole rings is 1. The van der Waals surface area contributed by atoms with Gasteiger partial charge in [0.15, 0.2) is 0 Å². The topological polar surface area (TPSA) is 74.9 Å². The molecule has 4 heteroatoms. The maximum atomic E-state index is 9.38. The lowest BCUT2D eigenvalue weighted by Crippen LogP contribution is -2.36. The molecule has 2 rings (SSSR count). The Labute approximate surface area is 94.5 Å². The number of H-pyrrole nitrogens is 1. The van der Waals surface area contributed by atoms with Gasteiger partial charge in [0.25, 0.3) is 0 Å². The first kappa shape index (κ1) is 11.0. The van der Waals surface area contributed by atoms with E-state index in [1.807, 2.05) is 13.8 Å². The minimum atomic E-state index is -0.408. The van der Waals surface area contributed by atoms with Crippen molar-refractivity contribution in [1.29, 1.82) is 0 Å². The van der Waals surface area contributed by atoms with E-state index in [1.165, 1.54) is 0 Å². The zero-order valence-electron chi connectivity index (χ0n) is 9.62. The number of aromatic amines is 1. The highest BCUT2D eigenvalue weighted by Gasteiger charge is 2.26. The van der Waals surface area contributed by atoms with Gasteiger partial charge < -0.3 is 15.8 Å². The Morgan fingerprint density at radius 2 is 2.06 bits per heavy atom. The number of aromatic nitrogens is 2. The predicted molar refractivity (Wildman–Crippen MR) is 64.2 cm³/mol. The highest BCUT2D eigenvalue weighted by molar-refractivity contribution is 5.76. The van der Waals surface area contributed by atoms with Crippen LogP contribution in [0.1, 0.15) is 32.5 Å². The fourth-order valence-corrected chi connectivity index (χ4v) is 1.82. The molecular formula is C12H17N3O. The summed E-state index contributed by atoms with van der Waals surface area (Å²) in [6, 6.07) is 5.08. The highest BCUT2D eigenvalue weighted by atomic mass is 16.3. The Bertz CT molecular complexity index is 500. The van der Waals surface area contributed by atoms with E-state index in [2.05, 4.69) is 9.97 Å². The number of aromatic hydroxyl groups is 1. The predicted octanol–water partition coefficient (Wildman–Crippen LogP) is 2.24. The fraction of sp³-hybridized carbons (Fsp3) is 0.417. The Kier molecular flexibility index (Phi) is 2.59. The molecule has 0 spiro atoms. The molecule has 0 aliphatic carbocycles. The van der Waals surface area contributed by atoms with Crippen LogP contribution < -0.4 is 5.73 Å². The first-order valence-corrected chi connectivity index (χ1v) is 5.57. The minimum absolute atomic E-state index is 0.235. The van der Waals surface area contributed by atoms with Crippen LogP contribution in [-0.4, -0.2) is 15.1 Å². The number of fused-ring (bicyclic) bond motifs is 1. The van der Waals surface area contributed by atoms with Crippen molar-refractivity contribution in [2.75, 3.05) is 0 Å². The third kappa shape index (κ3) is 1.65. The maximum absolute atomic E-state index is 9.38. The van der Waals surface area contributed by atoms with Crippen molar-refractivity contribution in [3.8, 4) is 5.75 Å². The SMILES string of the molecule is CCC(N)(CC)c1nc2ccc(O)cc2[nH]1. The molecule has 4 N–H and O–H groups in total. The van der Waals surface area contributed by atoms with Crippen molar-refractivity contribution in [2.45, 2.75) is 32.2 Å². The fourth-order valence-electron chi connectivity index (χ4n) is 1.82. The van der Waals surface area contributed by atoms with Crippen LogP contribution in [0.15, 0.2) is 18.2 Å². The lowest BCUT2D eigenvalue weighted by Gasteiger charge is -2.23. The number of benzene rings is 1. The summed E-state index contributed by atoms with van der Waals surface area (Å²) in [5, 5.41) is 9.38. The summed E-state index contributed by atoms with van der Waals surface area (Å²) in [7, 11) is 0. The van der Waals surface area contributed by atoms with Gasteiger partial charge in [-0.05, 0) is 25.0 Å². The van der Waals surface area contributed by atoms with E-state index < -0.39 is 5.54 Å². The van der Waals surface area contributed by atoms with E-state index in [4.69, 9.17) is 5.73 Å². The third-order valence-corrected chi connectivity index (χ3v) is 3.20. The normalized spacial score (nSPS) is 12.2. The molecular weight excluding hydrogens is 202 g/mol. The summed E-state index contributed by atoms with van der Waals surface area (Å²) in [5.41, 5.74) is 7.52. The third-order valence-electron chi connectivity index (χ3n) is 3.20. The van der Waals surface area contributed by atoms with Crippen molar-refractivity contribution in [1.82, 2.24) is 9.97 Å². The number of rotatable bonds is 3. The summed E-state index contributed by atoms with van der Waals surface area (Å²) < 4.78 is 0. The minimum Gasteiger partial charge on any atom is -0.508 e. The lowest BCUT2D eigenvalue weighted by atomic mass is 9.93. The number of nitrogens with two attached hydrogens (primary N) is 1. The molecule has 0 atom stereocenters. The van der Waals surface area contributed by atoms with Crippen molar-refractivity contribution < 1.29 is 5.11 Å². The molecule has 16 heavy (non-hydrogen) atoms. The van der Waals surface area contributed by atoms with Gasteiger partial charge in [0.2, 0.25) is 0 Å². The average Bonchev–Trinajstić information content (AvgIpc) is 2.71. The smallest absolute Gasteiger partial charge is 0.127 e. The molecule has 0 saturated heterocycles. The Morgan fingerprint density at radius 1 is 1.38 bits per heavy atom. The van der Waals surface area contributed by atoms with Crippen LogP contribution in [0, 0.1) is 0 Å². The Balaban J connectivity index is 2.54. The summed E-state index contributed by atoms with van der Waals surface area (Å²) in [4.78, 5) is 7.66. The molecule has 1 heterocycles. The van der Waals surface area contributed by atoms with Crippen molar-refractivity contribution in [2.24, 2.45) is 5.73 Å². The molecule has 86 valence electrons. The van der Waals surface area contributed by atoms with Crippen LogP contribution >= 0.6 is 0 Å². The summed E-state index contributed by atoms with van der Waals surface area (Å²) in [6.45, 7) is 4.10. The van der Waals surface area contributed by atoms with Crippen LogP contribution in [-0.2, 0) is 5.54 Å². The summed E-state index contributed by atoms with van der Waals surface area (Å²) in [5.74, 6) is 1.02. The molecule has 0 aliphatic heterocycles. The Hall–Kier alpha value is -1.55. The van der Waals surface area contributed by atoms with Crippen molar-refractivity contribution >= 4 is 11.0 Å². The van der Waals surface area contributed by atoms with Gasteiger partial charge in [0.1, 0.15) is 11.6 Å². The quantitative estimate of drug-likeness (QED) is 0.741. The zero-order valence-corrected chi connectivity index (χ0v) is 9.62. The van der Waals surface area contributed by atoms with Crippen LogP contribution in [0.5, 0.6) is 5.75 Å². The van der Waals surface area contributed by atoms with Gasteiger partial charge >= 0.3 is 0 Å². The Morgan fingerprint density at radius 3 is 2.69 bits per heavy atom. The molecule has 0 aliphatic rings. The number of nitrogens with one attached hydrogen (secondary N) is 1. The van der Waals surface area contributed by atoms with E-state index in [9.17, 15) is 5.11 Å². The lowest BCUT2D eigenvalue weighted by molar-refractivity contribution is 0.392. The second-order valence-corrected chi connectivity index (χ2v) is 4.15. The van der Waals surface area contributed by atoms with Gasteiger partial charge in [-0.15, -0.1) is 0 Å². The number of phenolic OH excluding ortho intramolecular Hbond substituents is 1. The number of hydrogen-bond acceptors (Lipinski definition) is 3.